The van der Waals surface area contributed by atoms with Crippen LogP contribution in [-0.4, -0.2) is 32.1 Å². The molecule has 0 aromatic heterocycles. The second-order valence-corrected chi connectivity index (χ2v) is 2.42. The zero-order chi connectivity index (χ0) is 7.40. The molecule has 0 radical (unpaired) electrons. The Balaban J connectivity index is 0.000001000. The fourth-order valence-electron chi connectivity index (χ4n) is 0.968. The zero-order valence-corrected chi connectivity index (χ0v) is 6.72. The number of carbonyl (C=O) groups excluding carboxylic acids is 1. The van der Waals surface area contributed by atoms with Gasteiger partial charge in [-0.2, -0.15) is 0 Å². The van der Waals surface area contributed by atoms with E-state index in [1.807, 2.05) is 0 Å². The average molecular weight is 150 g/mol. The SMILES string of the molecule is O=C([O-])C1CNCCNC1.[Li+]. The average Bonchev–Trinajstić information content (AvgIpc) is 2.12. The normalized spacial score (nSPS) is 20.0. The van der Waals surface area contributed by atoms with Crippen LogP contribution in [0.5, 0.6) is 0 Å². The summed E-state index contributed by atoms with van der Waals surface area (Å²) in [6.45, 7) is 2.72. The van der Waals surface area contributed by atoms with Crippen LogP contribution in [0.3, 0.4) is 0 Å². The molecule has 0 aromatic rings. The van der Waals surface area contributed by atoms with Crippen LogP contribution in [0, 0.1) is 5.92 Å². The Morgan fingerprint density at radius 1 is 1.27 bits per heavy atom. The van der Waals surface area contributed by atoms with Gasteiger partial charge in [-0.25, -0.2) is 0 Å². The van der Waals surface area contributed by atoms with Crippen molar-refractivity contribution in [3.8, 4) is 0 Å². The van der Waals surface area contributed by atoms with E-state index in [0.717, 1.165) is 13.1 Å². The van der Waals surface area contributed by atoms with Crippen LogP contribution < -0.4 is 34.6 Å². The van der Waals surface area contributed by atoms with E-state index in [1.54, 1.807) is 0 Å². The first kappa shape index (κ1) is 11.0. The van der Waals surface area contributed by atoms with E-state index in [1.165, 1.54) is 0 Å². The molecule has 5 heteroatoms. The molecule has 1 aliphatic heterocycles. The van der Waals surface area contributed by atoms with Crippen LogP contribution in [0.4, 0.5) is 0 Å². The Morgan fingerprint density at radius 2 is 1.73 bits per heavy atom. The monoisotopic (exact) mass is 150 g/mol. The molecule has 1 rings (SSSR count). The van der Waals surface area contributed by atoms with E-state index in [0.29, 0.717) is 13.1 Å². The molecule has 2 N–H and O–H groups in total. The number of nitrogens with one attached hydrogen (secondary N) is 2. The zero-order valence-electron chi connectivity index (χ0n) is 6.72. The summed E-state index contributed by atoms with van der Waals surface area (Å²) in [6.07, 6.45) is 0. The molecular weight excluding hydrogens is 139 g/mol. The van der Waals surface area contributed by atoms with Gasteiger partial charge in [-0.1, -0.05) is 0 Å². The van der Waals surface area contributed by atoms with Crippen molar-refractivity contribution < 1.29 is 28.8 Å². The minimum Gasteiger partial charge on any atom is -0.550 e. The van der Waals surface area contributed by atoms with Gasteiger partial charge in [0.05, 0.1) is 0 Å². The molecule has 0 aliphatic carbocycles. The number of aliphatic carboxylic acids is 1. The molecule has 0 amide bonds. The van der Waals surface area contributed by atoms with Crippen molar-refractivity contribution in [2.75, 3.05) is 26.2 Å². The standard InChI is InChI=1S/C6H12N2O2.Li/c9-6(10)5-3-7-1-2-8-4-5;/h5,7-8H,1-4H2,(H,9,10);/q;+1/p-1. The Kier molecular flexibility index (Phi) is 5.61. The molecule has 58 valence electrons. The molecule has 1 saturated heterocycles. The summed E-state index contributed by atoms with van der Waals surface area (Å²) >= 11 is 0. The van der Waals surface area contributed by atoms with E-state index in [-0.39, 0.29) is 24.8 Å². The van der Waals surface area contributed by atoms with Crippen molar-refractivity contribution >= 4 is 5.97 Å². The molecule has 0 atom stereocenters. The van der Waals surface area contributed by atoms with Gasteiger partial charge in [0.2, 0.25) is 0 Å². The summed E-state index contributed by atoms with van der Waals surface area (Å²) in [6, 6.07) is 0. The number of carboxylic acids is 1. The second-order valence-electron chi connectivity index (χ2n) is 2.42. The van der Waals surface area contributed by atoms with Crippen molar-refractivity contribution in [1.82, 2.24) is 10.6 Å². The van der Waals surface area contributed by atoms with Crippen molar-refractivity contribution in [2.24, 2.45) is 5.92 Å². The molecule has 0 aromatic carbocycles. The molecule has 0 spiro atoms. The van der Waals surface area contributed by atoms with Crippen LogP contribution in [0.1, 0.15) is 0 Å². The van der Waals surface area contributed by atoms with Crippen LogP contribution in [0.25, 0.3) is 0 Å². The molecule has 0 saturated carbocycles. The van der Waals surface area contributed by atoms with E-state index < -0.39 is 5.97 Å². The van der Waals surface area contributed by atoms with Crippen molar-refractivity contribution in [3.63, 3.8) is 0 Å². The molecule has 4 nitrogen and oxygen atoms in total. The minimum atomic E-state index is -0.970. The predicted octanol–water partition coefficient (Wildman–Crippen LogP) is -5.45. The number of rotatable bonds is 1. The van der Waals surface area contributed by atoms with Gasteiger partial charge >= 0.3 is 18.9 Å². The number of hydrogen-bond acceptors (Lipinski definition) is 4. The first-order chi connectivity index (χ1) is 4.80. The fraction of sp³-hybridized carbons (Fsp3) is 0.833. The van der Waals surface area contributed by atoms with Crippen molar-refractivity contribution in [3.05, 3.63) is 0 Å². The van der Waals surface area contributed by atoms with Gasteiger partial charge in [-0.05, 0) is 0 Å². The van der Waals surface area contributed by atoms with Gasteiger partial charge in [-0.3, -0.25) is 0 Å². The van der Waals surface area contributed by atoms with Crippen molar-refractivity contribution in [2.45, 2.75) is 0 Å². The maximum Gasteiger partial charge on any atom is 1.00 e. The summed E-state index contributed by atoms with van der Waals surface area (Å²) in [7, 11) is 0. The largest absolute Gasteiger partial charge is 1.00 e. The molecular formula is C6H11LiN2O2. The Hall–Kier alpha value is -0.0126. The third-order valence-corrected chi connectivity index (χ3v) is 1.59. The van der Waals surface area contributed by atoms with Gasteiger partial charge in [0.1, 0.15) is 0 Å². The quantitative estimate of drug-likeness (QED) is 0.366. The molecule has 1 heterocycles. The molecule has 0 bridgehead atoms. The van der Waals surface area contributed by atoms with Gasteiger partial charge in [-0.15, -0.1) is 0 Å². The number of carbonyl (C=O) groups is 1. The smallest absolute Gasteiger partial charge is 0.550 e. The Bertz CT molecular complexity index is 124. The van der Waals surface area contributed by atoms with E-state index in [2.05, 4.69) is 10.6 Å². The van der Waals surface area contributed by atoms with Gasteiger partial charge in [0.25, 0.3) is 0 Å². The first-order valence-corrected chi connectivity index (χ1v) is 3.43. The van der Waals surface area contributed by atoms with E-state index in [9.17, 15) is 9.90 Å². The maximum atomic E-state index is 10.3. The maximum absolute atomic E-state index is 10.3. The summed E-state index contributed by atoms with van der Waals surface area (Å²) in [5.74, 6) is -1.34. The van der Waals surface area contributed by atoms with Crippen LogP contribution in [-0.2, 0) is 4.79 Å². The van der Waals surface area contributed by atoms with Crippen molar-refractivity contribution in [1.29, 1.82) is 0 Å². The van der Waals surface area contributed by atoms with Crippen LogP contribution in [0.2, 0.25) is 0 Å². The minimum absolute atomic E-state index is 0. The van der Waals surface area contributed by atoms with E-state index in [4.69, 9.17) is 0 Å². The van der Waals surface area contributed by atoms with Gasteiger partial charge < -0.3 is 20.5 Å². The molecule has 11 heavy (non-hydrogen) atoms. The third-order valence-electron chi connectivity index (χ3n) is 1.59. The number of hydrogen-bond donors (Lipinski definition) is 2. The molecule has 0 unspecified atom stereocenters. The summed E-state index contributed by atoms with van der Waals surface area (Å²) in [5.41, 5.74) is 0. The molecule has 1 aliphatic rings. The Morgan fingerprint density at radius 3 is 2.09 bits per heavy atom. The van der Waals surface area contributed by atoms with Crippen LogP contribution in [0.15, 0.2) is 0 Å². The summed E-state index contributed by atoms with van der Waals surface area (Å²) in [5, 5.41) is 16.3. The first-order valence-electron chi connectivity index (χ1n) is 3.43. The fourth-order valence-corrected chi connectivity index (χ4v) is 0.968. The third kappa shape index (κ3) is 3.78. The number of carboxylic acid groups (broad SMARTS) is 1. The predicted molar refractivity (Wildman–Crippen MR) is 34.2 cm³/mol. The topological polar surface area (TPSA) is 64.2 Å². The summed E-state index contributed by atoms with van der Waals surface area (Å²) in [4.78, 5) is 10.3. The van der Waals surface area contributed by atoms with Gasteiger partial charge in [0, 0.05) is 38.1 Å². The Labute approximate surface area is 77.9 Å². The molecule has 1 fully saturated rings. The second kappa shape index (κ2) is 5.61. The summed E-state index contributed by atoms with van der Waals surface area (Å²) < 4.78 is 0. The van der Waals surface area contributed by atoms with E-state index >= 15 is 0 Å². The van der Waals surface area contributed by atoms with Gasteiger partial charge in [0.15, 0.2) is 0 Å². The van der Waals surface area contributed by atoms with Crippen LogP contribution >= 0.6 is 0 Å².